The molecule has 0 bridgehead atoms. The highest BCUT2D eigenvalue weighted by atomic mass is 32.2. The number of fused-ring (bicyclic) bond motifs is 1. The molecule has 1 amide bonds. The number of hydrogen-bond donors (Lipinski definition) is 1. The van der Waals surface area contributed by atoms with Gasteiger partial charge in [0.05, 0.1) is 11.4 Å². The normalized spacial score (nSPS) is 14.0. The maximum atomic E-state index is 12.3. The average molecular weight is 407 g/mol. The summed E-state index contributed by atoms with van der Waals surface area (Å²) in [6.45, 7) is 0.0220. The Labute approximate surface area is 157 Å². The average Bonchev–Trinajstić information content (AvgIpc) is 3.30. The fourth-order valence-electron chi connectivity index (χ4n) is 2.47. The molecule has 0 saturated heterocycles. The number of nitrogens with zero attached hydrogens (tertiary/aromatic N) is 2. The molecular weight excluding hydrogens is 394 g/mol. The van der Waals surface area contributed by atoms with Crippen LogP contribution >= 0.6 is 22.7 Å². The summed E-state index contributed by atoms with van der Waals surface area (Å²) in [6, 6.07) is 8.63. The third-order valence-corrected chi connectivity index (χ3v) is 7.45. The smallest absolute Gasteiger partial charge is 0.273 e. The summed E-state index contributed by atoms with van der Waals surface area (Å²) in [5.41, 5.74) is 2.05. The van der Waals surface area contributed by atoms with E-state index in [9.17, 15) is 13.2 Å². The summed E-state index contributed by atoms with van der Waals surface area (Å²) in [5.74, 6) is 0.502. The molecule has 134 valence electrons. The number of amides is 1. The molecule has 26 heavy (non-hydrogen) atoms. The summed E-state index contributed by atoms with van der Waals surface area (Å²) >= 11 is 2.34. The van der Waals surface area contributed by atoms with Crippen molar-refractivity contribution in [1.82, 2.24) is 4.98 Å². The van der Waals surface area contributed by atoms with Crippen LogP contribution in [-0.2, 0) is 14.8 Å². The van der Waals surface area contributed by atoms with Gasteiger partial charge in [0.25, 0.3) is 15.9 Å². The fourth-order valence-corrected chi connectivity index (χ4v) is 5.43. The van der Waals surface area contributed by atoms with Gasteiger partial charge in [-0.1, -0.05) is 6.07 Å². The van der Waals surface area contributed by atoms with Crippen molar-refractivity contribution >= 4 is 49.4 Å². The largest absolute Gasteiger partial charge is 0.482 e. The van der Waals surface area contributed by atoms with Gasteiger partial charge < -0.3 is 9.64 Å². The van der Waals surface area contributed by atoms with Gasteiger partial charge in [0.15, 0.2) is 11.7 Å². The van der Waals surface area contributed by atoms with Gasteiger partial charge >= 0.3 is 0 Å². The summed E-state index contributed by atoms with van der Waals surface area (Å²) < 4.78 is 32.7. The number of anilines is 2. The van der Waals surface area contributed by atoms with E-state index < -0.39 is 10.0 Å². The first-order valence-corrected chi connectivity index (χ1v) is 10.7. The van der Waals surface area contributed by atoms with Gasteiger partial charge in [-0.25, -0.2) is 13.4 Å². The van der Waals surface area contributed by atoms with Crippen LogP contribution in [0, 0.1) is 0 Å². The second-order valence-corrected chi connectivity index (χ2v) is 9.21. The van der Waals surface area contributed by atoms with Gasteiger partial charge in [-0.15, -0.1) is 22.7 Å². The number of carbonyl (C=O) groups excluding carboxylic acids is 1. The number of likely N-dealkylation sites (N-methyl/N-ethyl adjacent to an activating group) is 1. The molecule has 0 saturated carbocycles. The van der Waals surface area contributed by atoms with Gasteiger partial charge in [-0.2, -0.15) is 0 Å². The molecule has 1 aliphatic rings. The van der Waals surface area contributed by atoms with Crippen molar-refractivity contribution in [3.8, 4) is 17.0 Å². The zero-order chi connectivity index (χ0) is 18.3. The summed E-state index contributed by atoms with van der Waals surface area (Å²) in [5, 5.41) is 3.75. The molecule has 0 aliphatic carbocycles. The van der Waals surface area contributed by atoms with Crippen LogP contribution in [-0.4, -0.2) is 33.0 Å². The van der Waals surface area contributed by atoms with Crippen molar-refractivity contribution in [2.45, 2.75) is 4.21 Å². The molecule has 7 nitrogen and oxygen atoms in total. The third-order valence-electron chi connectivity index (χ3n) is 3.83. The lowest BCUT2D eigenvalue weighted by Gasteiger charge is -2.26. The number of thiazole rings is 1. The first kappa shape index (κ1) is 17.0. The van der Waals surface area contributed by atoms with Crippen molar-refractivity contribution < 1.29 is 17.9 Å². The second kappa shape index (κ2) is 6.38. The van der Waals surface area contributed by atoms with Crippen LogP contribution in [0.5, 0.6) is 5.75 Å². The van der Waals surface area contributed by atoms with Crippen LogP contribution in [0.4, 0.5) is 10.8 Å². The number of rotatable bonds is 4. The molecule has 0 atom stereocenters. The van der Waals surface area contributed by atoms with Crippen molar-refractivity contribution in [2.24, 2.45) is 0 Å². The molecular formula is C16H13N3O4S3. The second-order valence-electron chi connectivity index (χ2n) is 5.50. The number of thiophene rings is 1. The Hall–Kier alpha value is -2.43. The van der Waals surface area contributed by atoms with Crippen LogP contribution in [0.1, 0.15) is 0 Å². The lowest BCUT2D eigenvalue weighted by molar-refractivity contribution is -0.120. The molecule has 1 N–H and O–H groups in total. The Balaban J connectivity index is 1.62. The highest BCUT2D eigenvalue weighted by Gasteiger charge is 2.23. The van der Waals surface area contributed by atoms with E-state index in [0.29, 0.717) is 17.1 Å². The predicted octanol–water partition coefficient (Wildman–Crippen LogP) is 3.03. The molecule has 1 aromatic carbocycles. The van der Waals surface area contributed by atoms with Crippen LogP contribution < -0.4 is 14.4 Å². The lowest BCUT2D eigenvalue weighted by atomic mass is 10.1. The Morgan fingerprint density at radius 2 is 2.12 bits per heavy atom. The zero-order valence-corrected chi connectivity index (χ0v) is 16.0. The van der Waals surface area contributed by atoms with Crippen LogP contribution in [0.3, 0.4) is 0 Å². The Morgan fingerprint density at radius 1 is 1.27 bits per heavy atom. The highest BCUT2D eigenvalue weighted by Crippen LogP contribution is 2.36. The number of nitrogens with one attached hydrogen (secondary N) is 1. The van der Waals surface area contributed by atoms with Crippen LogP contribution in [0.2, 0.25) is 0 Å². The molecule has 3 heterocycles. The molecule has 3 aromatic rings. The Kier molecular flexibility index (Phi) is 4.17. The standard InChI is InChI=1S/C16H13N3O4S3/c1-19-12-7-10(4-5-13(12)23-8-14(19)20)11-9-25-16(17-11)18-26(21,22)15-3-2-6-24-15/h2-7,9H,8H2,1H3,(H,17,18). The number of benzene rings is 1. The number of carbonyl (C=O) groups is 1. The SMILES string of the molecule is CN1C(=O)COc2ccc(-c3csc(NS(=O)(=O)c4cccs4)n3)cc21. The Morgan fingerprint density at radius 3 is 2.88 bits per heavy atom. The molecule has 1 aliphatic heterocycles. The first-order valence-electron chi connectivity index (χ1n) is 7.50. The van der Waals surface area contributed by atoms with Gasteiger partial charge in [0.1, 0.15) is 9.96 Å². The maximum absolute atomic E-state index is 12.3. The molecule has 0 radical (unpaired) electrons. The van der Waals surface area contributed by atoms with E-state index in [1.807, 2.05) is 6.07 Å². The summed E-state index contributed by atoms with van der Waals surface area (Å²) in [7, 11) is -1.94. The van der Waals surface area contributed by atoms with Crippen LogP contribution in [0.15, 0.2) is 45.3 Å². The minimum atomic E-state index is -3.63. The van der Waals surface area contributed by atoms with Crippen molar-refractivity contribution in [1.29, 1.82) is 0 Å². The predicted molar refractivity (Wildman–Crippen MR) is 102 cm³/mol. The molecule has 4 rings (SSSR count). The van der Waals surface area contributed by atoms with E-state index in [-0.39, 0.29) is 21.9 Å². The minimum absolute atomic E-state index is 0.0220. The maximum Gasteiger partial charge on any atom is 0.273 e. The zero-order valence-electron chi connectivity index (χ0n) is 13.5. The molecule has 0 unspecified atom stereocenters. The van der Waals surface area contributed by atoms with Gasteiger partial charge in [0, 0.05) is 18.0 Å². The summed E-state index contributed by atoms with van der Waals surface area (Å²) in [4.78, 5) is 17.7. The van der Waals surface area contributed by atoms with E-state index >= 15 is 0 Å². The van der Waals surface area contributed by atoms with Gasteiger partial charge in [-0.05, 0) is 29.6 Å². The quantitative estimate of drug-likeness (QED) is 0.718. The molecule has 0 spiro atoms. The van der Waals surface area contributed by atoms with Crippen molar-refractivity contribution in [3.63, 3.8) is 0 Å². The third kappa shape index (κ3) is 3.06. The monoisotopic (exact) mass is 407 g/mol. The highest BCUT2D eigenvalue weighted by molar-refractivity contribution is 7.94. The van der Waals surface area contributed by atoms with E-state index in [1.54, 1.807) is 36.0 Å². The van der Waals surface area contributed by atoms with Gasteiger partial charge in [0.2, 0.25) is 0 Å². The number of aromatic nitrogens is 1. The topological polar surface area (TPSA) is 88.6 Å². The van der Waals surface area contributed by atoms with E-state index in [4.69, 9.17) is 4.74 Å². The van der Waals surface area contributed by atoms with Crippen molar-refractivity contribution in [3.05, 3.63) is 41.1 Å². The summed E-state index contributed by atoms with van der Waals surface area (Å²) in [6.07, 6.45) is 0. The lowest BCUT2D eigenvalue weighted by Crippen LogP contribution is -2.35. The van der Waals surface area contributed by atoms with Crippen LogP contribution in [0.25, 0.3) is 11.3 Å². The number of hydrogen-bond acceptors (Lipinski definition) is 7. The van der Waals surface area contributed by atoms with E-state index in [0.717, 1.165) is 16.9 Å². The molecule has 2 aromatic heterocycles. The van der Waals surface area contributed by atoms with Gasteiger partial charge in [-0.3, -0.25) is 9.52 Å². The minimum Gasteiger partial charge on any atom is -0.482 e. The fraction of sp³-hybridized carbons (Fsp3) is 0.125. The molecule has 0 fully saturated rings. The Bertz CT molecular complexity index is 1070. The van der Waals surface area contributed by atoms with E-state index in [2.05, 4.69) is 9.71 Å². The van der Waals surface area contributed by atoms with E-state index in [1.165, 1.54) is 22.3 Å². The molecule has 10 heteroatoms. The number of sulfonamides is 1. The first-order chi connectivity index (χ1) is 12.4. The van der Waals surface area contributed by atoms with Crippen molar-refractivity contribution in [2.75, 3.05) is 23.3 Å². The number of ether oxygens (including phenoxy) is 1.